The highest BCUT2D eigenvalue weighted by Crippen LogP contribution is 2.33. The van der Waals surface area contributed by atoms with E-state index in [-0.39, 0.29) is 11.9 Å². The topological polar surface area (TPSA) is 54.4 Å². The molecule has 2 aliphatic heterocycles. The van der Waals surface area contributed by atoms with E-state index in [1.54, 1.807) is 5.01 Å². The predicted octanol–water partition coefficient (Wildman–Crippen LogP) is 3.40. The molecule has 4 rings (SSSR count). The molecule has 158 valence electrons. The van der Waals surface area contributed by atoms with Crippen LogP contribution < -0.4 is 4.74 Å². The van der Waals surface area contributed by atoms with Gasteiger partial charge in [-0.3, -0.25) is 9.69 Å². The molecule has 0 N–H and O–H groups in total. The number of ether oxygens (including phenoxy) is 2. The minimum atomic E-state index is -0.106. The Morgan fingerprint density at radius 3 is 2.47 bits per heavy atom. The van der Waals surface area contributed by atoms with Crippen molar-refractivity contribution >= 4 is 11.6 Å². The molecule has 6 heteroatoms. The molecule has 2 heterocycles. The van der Waals surface area contributed by atoms with Gasteiger partial charge in [0.05, 0.1) is 38.1 Å². The van der Waals surface area contributed by atoms with Crippen molar-refractivity contribution in [2.24, 2.45) is 5.10 Å². The second-order valence-corrected chi connectivity index (χ2v) is 7.76. The number of benzene rings is 2. The molecule has 1 fully saturated rings. The number of amides is 1. The quantitative estimate of drug-likeness (QED) is 0.737. The maximum Gasteiger partial charge on any atom is 0.257 e. The average molecular weight is 408 g/mol. The van der Waals surface area contributed by atoms with Crippen molar-refractivity contribution in [3.8, 4) is 5.75 Å². The third-order valence-electron chi connectivity index (χ3n) is 5.59. The molecule has 0 spiro atoms. The lowest BCUT2D eigenvalue weighted by atomic mass is 9.98. The summed E-state index contributed by atoms with van der Waals surface area (Å²) in [7, 11) is 0. The summed E-state index contributed by atoms with van der Waals surface area (Å²) in [6, 6.07) is 16.2. The van der Waals surface area contributed by atoms with E-state index in [0.717, 1.165) is 35.7 Å². The molecule has 0 aromatic heterocycles. The van der Waals surface area contributed by atoms with Crippen LogP contribution in [-0.2, 0) is 9.53 Å². The first-order valence-corrected chi connectivity index (χ1v) is 10.6. The van der Waals surface area contributed by atoms with Gasteiger partial charge in [-0.2, -0.15) is 5.10 Å². The van der Waals surface area contributed by atoms with Crippen molar-refractivity contribution < 1.29 is 14.3 Å². The normalized spacial score (nSPS) is 19.6. The van der Waals surface area contributed by atoms with Gasteiger partial charge in [-0.1, -0.05) is 42.0 Å². The minimum absolute atomic E-state index is 0.0258. The number of hydrogen-bond donors (Lipinski definition) is 0. The molecule has 0 radical (unpaired) electrons. The summed E-state index contributed by atoms with van der Waals surface area (Å²) in [5.74, 6) is 0.864. The molecule has 1 amide bonds. The third-order valence-corrected chi connectivity index (χ3v) is 5.59. The Hall–Kier alpha value is -2.70. The van der Waals surface area contributed by atoms with Gasteiger partial charge in [-0.15, -0.1) is 0 Å². The van der Waals surface area contributed by atoms with E-state index in [9.17, 15) is 4.79 Å². The minimum Gasteiger partial charge on any atom is -0.494 e. The summed E-state index contributed by atoms with van der Waals surface area (Å²) in [5.41, 5.74) is 4.29. The third kappa shape index (κ3) is 4.71. The first-order chi connectivity index (χ1) is 14.6. The number of hydrogen-bond acceptors (Lipinski definition) is 5. The fourth-order valence-electron chi connectivity index (χ4n) is 3.90. The molecule has 1 saturated heterocycles. The van der Waals surface area contributed by atoms with Crippen LogP contribution in [0.3, 0.4) is 0 Å². The number of aryl methyl sites for hydroxylation is 1. The molecule has 6 nitrogen and oxygen atoms in total. The van der Waals surface area contributed by atoms with E-state index in [0.29, 0.717) is 32.8 Å². The first-order valence-electron chi connectivity index (χ1n) is 10.6. The molecular weight excluding hydrogens is 378 g/mol. The van der Waals surface area contributed by atoms with Gasteiger partial charge in [0.25, 0.3) is 5.91 Å². The Balaban J connectivity index is 1.58. The molecule has 1 unspecified atom stereocenters. The van der Waals surface area contributed by atoms with Crippen LogP contribution in [0.1, 0.15) is 36.1 Å². The standard InChI is InChI=1S/C24H29N3O3/c1-3-30-21-10-8-20(9-11-21)23-16-22(19-6-4-18(2)5-7-19)25-27(23)24(28)17-26-12-14-29-15-13-26/h4-11,23H,3,12-17H2,1-2H3. The summed E-state index contributed by atoms with van der Waals surface area (Å²) in [6.07, 6.45) is 0.700. The van der Waals surface area contributed by atoms with E-state index in [1.807, 2.05) is 31.2 Å². The van der Waals surface area contributed by atoms with Gasteiger partial charge in [0.15, 0.2) is 0 Å². The fourth-order valence-corrected chi connectivity index (χ4v) is 3.90. The number of morpholine rings is 1. The van der Waals surface area contributed by atoms with Crippen LogP contribution in [0.5, 0.6) is 5.75 Å². The zero-order valence-electron chi connectivity index (χ0n) is 17.7. The molecular formula is C24H29N3O3. The average Bonchev–Trinajstić information content (AvgIpc) is 3.21. The lowest BCUT2D eigenvalue weighted by Gasteiger charge is -2.29. The van der Waals surface area contributed by atoms with Gasteiger partial charge in [-0.25, -0.2) is 5.01 Å². The predicted molar refractivity (Wildman–Crippen MR) is 117 cm³/mol. The molecule has 2 aliphatic rings. The molecule has 1 atom stereocenters. The maximum absolute atomic E-state index is 13.2. The Labute approximate surface area is 178 Å². The smallest absolute Gasteiger partial charge is 0.257 e. The van der Waals surface area contributed by atoms with Crippen molar-refractivity contribution in [3.63, 3.8) is 0 Å². The molecule has 0 bridgehead atoms. The number of carbonyl (C=O) groups excluding carboxylic acids is 1. The fraction of sp³-hybridized carbons (Fsp3) is 0.417. The van der Waals surface area contributed by atoms with Gasteiger partial charge >= 0.3 is 0 Å². The summed E-state index contributed by atoms with van der Waals surface area (Å²) in [4.78, 5) is 15.3. The zero-order chi connectivity index (χ0) is 20.9. The van der Waals surface area contributed by atoms with Gasteiger partial charge < -0.3 is 9.47 Å². The highest BCUT2D eigenvalue weighted by molar-refractivity contribution is 6.03. The second kappa shape index (κ2) is 9.41. The van der Waals surface area contributed by atoms with Crippen molar-refractivity contribution in [1.29, 1.82) is 0 Å². The van der Waals surface area contributed by atoms with Crippen LogP contribution >= 0.6 is 0 Å². The molecule has 0 aliphatic carbocycles. The van der Waals surface area contributed by atoms with Crippen molar-refractivity contribution in [3.05, 3.63) is 65.2 Å². The Kier molecular flexibility index (Phi) is 6.45. The maximum atomic E-state index is 13.2. The van der Waals surface area contributed by atoms with E-state index in [1.165, 1.54) is 5.56 Å². The van der Waals surface area contributed by atoms with Crippen molar-refractivity contribution in [2.45, 2.75) is 26.3 Å². The van der Waals surface area contributed by atoms with Crippen molar-refractivity contribution in [2.75, 3.05) is 39.5 Å². The molecule has 2 aromatic carbocycles. The van der Waals surface area contributed by atoms with Gasteiger partial charge in [0.1, 0.15) is 5.75 Å². The number of rotatable bonds is 6. The highest BCUT2D eigenvalue weighted by Gasteiger charge is 2.33. The van der Waals surface area contributed by atoms with E-state index >= 15 is 0 Å². The Bertz CT molecular complexity index is 887. The van der Waals surface area contributed by atoms with Crippen LogP contribution in [-0.4, -0.2) is 61.0 Å². The summed E-state index contributed by atoms with van der Waals surface area (Å²) in [6.45, 7) is 7.94. The largest absolute Gasteiger partial charge is 0.494 e. The SMILES string of the molecule is CCOc1ccc(C2CC(c3ccc(C)cc3)=NN2C(=O)CN2CCOCC2)cc1. The Morgan fingerprint density at radius 2 is 1.80 bits per heavy atom. The lowest BCUT2D eigenvalue weighted by molar-refractivity contribution is -0.135. The highest BCUT2D eigenvalue weighted by atomic mass is 16.5. The first kappa shape index (κ1) is 20.6. The van der Waals surface area contributed by atoms with Gasteiger partial charge in [0.2, 0.25) is 0 Å². The van der Waals surface area contributed by atoms with E-state index in [4.69, 9.17) is 14.6 Å². The molecule has 2 aromatic rings. The van der Waals surface area contributed by atoms with Crippen LogP contribution in [0.25, 0.3) is 0 Å². The van der Waals surface area contributed by atoms with Crippen molar-refractivity contribution in [1.82, 2.24) is 9.91 Å². The van der Waals surface area contributed by atoms with E-state index in [2.05, 4.69) is 36.1 Å². The monoisotopic (exact) mass is 407 g/mol. The number of nitrogens with zero attached hydrogens (tertiary/aromatic N) is 3. The lowest BCUT2D eigenvalue weighted by Crippen LogP contribution is -2.43. The molecule has 0 saturated carbocycles. The van der Waals surface area contributed by atoms with Crippen LogP contribution in [0.2, 0.25) is 0 Å². The van der Waals surface area contributed by atoms with Crippen LogP contribution in [0.4, 0.5) is 0 Å². The summed E-state index contributed by atoms with van der Waals surface area (Å²) >= 11 is 0. The molecule has 30 heavy (non-hydrogen) atoms. The second-order valence-electron chi connectivity index (χ2n) is 7.76. The van der Waals surface area contributed by atoms with Gasteiger partial charge in [0, 0.05) is 19.5 Å². The number of hydrazone groups is 1. The summed E-state index contributed by atoms with van der Waals surface area (Å²) < 4.78 is 11.0. The Morgan fingerprint density at radius 1 is 1.10 bits per heavy atom. The summed E-state index contributed by atoms with van der Waals surface area (Å²) in [5, 5.41) is 6.46. The number of carbonyl (C=O) groups is 1. The van der Waals surface area contributed by atoms with Gasteiger partial charge in [-0.05, 0) is 37.1 Å². The van der Waals surface area contributed by atoms with Crippen LogP contribution in [0, 0.1) is 6.92 Å². The van der Waals surface area contributed by atoms with E-state index < -0.39 is 0 Å². The zero-order valence-corrected chi connectivity index (χ0v) is 17.7. The van der Waals surface area contributed by atoms with Crippen LogP contribution in [0.15, 0.2) is 53.6 Å².